The Kier molecular flexibility index (Phi) is 6.89. The summed E-state index contributed by atoms with van der Waals surface area (Å²) in [7, 11) is 0. The Morgan fingerprint density at radius 2 is 1.73 bits per heavy atom. The molecular weight excluding hydrogens is 332 g/mol. The van der Waals surface area contributed by atoms with Crippen molar-refractivity contribution in [2.75, 3.05) is 39.3 Å². The summed E-state index contributed by atoms with van der Waals surface area (Å²) in [5, 5.41) is 3.43. The SMILES string of the molecule is CCC(=O)NOC(=O)C1(N2CCN(C3CCNCC3)CC2)CCCCC1. The van der Waals surface area contributed by atoms with Crippen LogP contribution >= 0.6 is 0 Å². The lowest BCUT2D eigenvalue weighted by atomic mass is 9.79. The predicted molar refractivity (Wildman–Crippen MR) is 99.4 cm³/mol. The molecule has 7 nitrogen and oxygen atoms in total. The number of nitrogens with one attached hydrogen (secondary N) is 2. The molecule has 3 aliphatic rings. The number of hydrogen-bond acceptors (Lipinski definition) is 6. The largest absolute Gasteiger partial charge is 0.352 e. The Morgan fingerprint density at radius 1 is 1.08 bits per heavy atom. The van der Waals surface area contributed by atoms with Gasteiger partial charge in [0.15, 0.2) is 0 Å². The molecule has 148 valence electrons. The summed E-state index contributed by atoms with van der Waals surface area (Å²) in [5.74, 6) is -0.519. The highest BCUT2D eigenvalue weighted by molar-refractivity contribution is 5.83. The van der Waals surface area contributed by atoms with Gasteiger partial charge in [-0.15, -0.1) is 0 Å². The van der Waals surface area contributed by atoms with E-state index in [9.17, 15) is 9.59 Å². The standard InChI is InChI=1S/C19H34N4O3/c1-2-17(24)21-26-18(25)19(8-4-3-5-9-19)23-14-12-22(13-15-23)16-6-10-20-11-7-16/h16,20H,2-15H2,1H3,(H,21,24). The molecule has 0 atom stereocenters. The van der Waals surface area contributed by atoms with Gasteiger partial charge in [-0.1, -0.05) is 26.2 Å². The van der Waals surface area contributed by atoms with Gasteiger partial charge in [-0.3, -0.25) is 14.6 Å². The quantitative estimate of drug-likeness (QED) is 0.725. The predicted octanol–water partition coefficient (Wildman–Crippen LogP) is 1.04. The second kappa shape index (κ2) is 9.15. The van der Waals surface area contributed by atoms with Crippen LogP contribution in [0.5, 0.6) is 0 Å². The number of nitrogens with zero attached hydrogens (tertiary/aromatic N) is 2. The number of rotatable bonds is 4. The van der Waals surface area contributed by atoms with Gasteiger partial charge in [-0.05, 0) is 38.8 Å². The lowest BCUT2D eigenvalue weighted by molar-refractivity contribution is -0.174. The minimum absolute atomic E-state index is 0.250. The Hall–Kier alpha value is -1.18. The maximum absolute atomic E-state index is 12.9. The van der Waals surface area contributed by atoms with Gasteiger partial charge in [0.05, 0.1) is 0 Å². The molecule has 3 rings (SSSR count). The molecule has 0 aromatic rings. The number of amides is 1. The molecule has 1 saturated carbocycles. The molecule has 2 heterocycles. The van der Waals surface area contributed by atoms with Gasteiger partial charge < -0.3 is 10.2 Å². The van der Waals surface area contributed by atoms with Crippen molar-refractivity contribution in [3.05, 3.63) is 0 Å². The maximum Gasteiger partial charge on any atom is 0.352 e. The van der Waals surface area contributed by atoms with Crippen molar-refractivity contribution >= 4 is 11.9 Å². The zero-order valence-electron chi connectivity index (χ0n) is 16.1. The summed E-state index contributed by atoms with van der Waals surface area (Å²) in [6, 6.07) is 0.677. The van der Waals surface area contributed by atoms with Crippen LogP contribution in [-0.4, -0.2) is 72.5 Å². The molecule has 0 bridgehead atoms. The molecule has 0 radical (unpaired) electrons. The van der Waals surface area contributed by atoms with E-state index in [0.29, 0.717) is 12.5 Å². The molecule has 0 aromatic heterocycles. The average Bonchev–Trinajstić information content (AvgIpc) is 2.73. The summed E-state index contributed by atoms with van der Waals surface area (Å²) >= 11 is 0. The molecule has 26 heavy (non-hydrogen) atoms. The normalized spacial score (nSPS) is 25.6. The van der Waals surface area contributed by atoms with Crippen LogP contribution in [0.1, 0.15) is 58.3 Å². The number of hydroxylamine groups is 1. The van der Waals surface area contributed by atoms with Gasteiger partial charge >= 0.3 is 5.97 Å². The monoisotopic (exact) mass is 366 g/mol. The molecule has 0 unspecified atom stereocenters. The highest BCUT2D eigenvalue weighted by atomic mass is 16.7. The van der Waals surface area contributed by atoms with Gasteiger partial charge in [-0.25, -0.2) is 4.79 Å². The van der Waals surface area contributed by atoms with E-state index in [1.807, 2.05) is 0 Å². The fourth-order valence-electron chi connectivity index (χ4n) is 4.74. The van der Waals surface area contributed by atoms with Crippen molar-refractivity contribution < 1.29 is 14.4 Å². The average molecular weight is 367 g/mol. The molecule has 2 N–H and O–H groups in total. The van der Waals surface area contributed by atoms with Crippen molar-refractivity contribution in [1.82, 2.24) is 20.6 Å². The fraction of sp³-hybridized carbons (Fsp3) is 0.895. The second-order valence-electron chi connectivity index (χ2n) is 7.86. The van der Waals surface area contributed by atoms with E-state index in [0.717, 1.165) is 65.0 Å². The first-order valence-electron chi connectivity index (χ1n) is 10.4. The van der Waals surface area contributed by atoms with Gasteiger partial charge in [0.1, 0.15) is 5.54 Å². The van der Waals surface area contributed by atoms with Crippen molar-refractivity contribution in [3.63, 3.8) is 0 Å². The maximum atomic E-state index is 12.9. The minimum atomic E-state index is -0.556. The third kappa shape index (κ3) is 4.38. The molecular formula is C19H34N4O3. The van der Waals surface area contributed by atoms with E-state index in [2.05, 4.69) is 20.6 Å². The second-order valence-corrected chi connectivity index (χ2v) is 7.86. The Bertz CT molecular complexity index is 479. The molecule has 0 spiro atoms. The first-order chi connectivity index (χ1) is 12.7. The van der Waals surface area contributed by atoms with E-state index in [1.54, 1.807) is 6.92 Å². The minimum Gasteiger partial charge on any atom is -0.339 e. The first kappa shape index (κ1) is 19.6. The summed E-state index contributed by atoms with van der Waals surface area (Å²) < 4.78 is 0. The van der Waals surface area contributed by atoms with Gasteiger partial charge in [-0.2, -0.15) is 5.48 Å². The van der Waals surface area contributed by atoms with Crippen molar-refractivity contribution in [2.24, 2.45) is 0 Å². The summed E-state index contributed by atoms with van der Waals surface area (Å²) in [4.78, 5) is 34.6. The fourth-order valence-corrected chi connectivity index (χ4v) is 4.74. The van der Waals surface area contributed by atoms with Crippen molar-refractivity contribution in [2.45, 2.75) is 69.9 Å². The molecule has 7 heteroatoms. The third-order valence-corrected chi connectivity index (χ3v) is 6.38. The number of carbonyl (C=O) groups excluding carboxylic acids is 2. The van der Waals surface area contributed by atoms with Crippen molar-refractivity contribution in [3.8, 4) is 0 Å². The molecule has 1 amide bonds. The van der Waals surface area contributed by atoms with Crippen LogP contribution in [0.15, 0.2) is 0 Å². The lowest BCUT2D eigenvalue weighted by Crippen LogP contribution is -2.63. The van der Waals surface area contributed by atoms with Crippen molar-refractivity contribution in [1.29, 1.82) is 0 Å². The zero-order chi connectivity index (χ0) is 18.4. The van der Waals surface area contributed by atoms with Crippen LogP contribution in [0.4, 0.5) is 0 Å². The molecule has 2 aliphatic heterocycles. The molecule has 1 aliphatic carbocycles. The molecule has 2 saturated heterocycles. The van der Waals surface area contributed by atoms with E-state index >= 15 is 0 Å². The van der Waals surface area contributed by atoms with E-state index < -0.39 is 5.54 Å². The number of piperidine rings is 1. The van der Waals surface area contributed by atoms with Crippen LogP contribution in [0, 0.1) is 0 Å². The smallest absolute Gasteiger partial charge is 0.339 e. The van der Waals surface area contributed by atoms with Gasteiger partial charge in [0.25, 0.3) is 5.91 Å². The van der Waals surface area contributed by atoms with Crippen LogP contribution in [-0.2, 0) is 14.4 Å². The number of hydrogen-bond donors (Lipinski definition) is 2. The van der Waals surface area contributed by atoms with E-state index in [4.69, 9.17) is 4.84 Å². The lowest BCUT2D eigenvalue weighted by Gasteiger charge is -2.49. The summed E-state index contributed by atoms with van der Waals surface area (Å²) in [5.41, 5.74) is 1.77. The van der Waals surface area contributed by atoms with Crippen LogP contribution in [0.3, 0.4) is 0 Å². The van der Waals surface area contributed by atoms with Crippen LogP contribution in [0.2, 0.25) is 0 Å². The van der Waals surface area contributed by atoms with E-state index in [1.165, 1.54) is 19.3 Å². The highest BCUT2D eigenvalue weighted by Crippen LogP contribution is 2.35. The summed E-state index contributed by atoms with van der Waals surface area (Å²) in [6.45, 7) is 7.81. The first-order valence-corrected chi connectivity index (χ1v) is 10.4. The topological polar surface area (TPSA) is 73.9 Å². The number of piperazine rings is 1. The van der Waals surface area contributed by atoms with Gasteiger partial charge in [0.2, 0.25) is 0 Å². The third-order valence-electron chi connectivity index (χ3n) is 6.38. The van der Waals surface area contributed by atoms with Crippen LogP contribution in [0.25, 0.3) is 0 Å². The number of carbonyl (C=O) groups is 2. The molecule has 3 fully saturated rings. The summed E-state index contributed by atoms with van der Waals surface area (Å²) in [6.07, 6.45) is 7.69. The van der Waals surface area contributed by atoms with E-state index in [-0.39, 0.29) is 11.9 Å². The van der Waals surface area contributed by atoms with Crippen LogP contribution < -0.4 is 10.8 Å². The zero-order valence-corrected chi connectivity index (χ0v) is 16.1. The molecule has 0 aromatic carbocycles. The Morgan fingerprint density at radius 3 is 2.35 bits per heavy atom. The van der Waals surface area contributed by atoms with Gasteiger partial charge in [0, 0.05) is 38.6 Å². The highest BCUT2D eigenvalue weighted by Gasteiger charge is 2.47. The Balaban J connectivity index is 1.61. The Labute approximate surface area is 156 Å².